The summed E-state index contributed by atoms with van der Waals surface area (Å²) in [5.74, 6) is -2.33. The van der Waals surface area contributed by atoms with Crippen LogP contribution < -0.4 is 16.4 Å². The van der Waals surface area contributed by atoms with Crippen LogP contribution in [-0.4, -0.2) is 64.4 Å². The topological polar surface area (TPSA) is 142 Å². The molecule has 0 aromatic heterocycles. The minimum atomic E-state index is -1.12. The van der Waals surface area contributed by atoms with Crippen LogP contribution in [0.3, 0.4) is 0 Å². The third kappa shape index (κ3) is 5.98. The third-order valence-electron chi connectivity index (χ3n) is 4.30. The molecule has 0 spiro atoms. The lowest BCUT2D eigenvalue weighted by Crippen LogP contribution is -2.55. The second-order valence-electron chi connectivity index (χ2n) is 7.24. The van der Waals surface area contributed by atoms with E-state index in [1.54, 1.807) is 6.92 Å². The van der Waals surface area contributed by atoms with E-state index in [9.17, 15) is 24.3 Å². The van der Waals surface area contributed by atoms with Gasteiger partial charge in [-0.05, 0) is 39.0 Å². The van der Waals surface area contributed by atoms with Gasteiger partial charge in [0.1, 0.15) is 18.1 Å². The lowest BCUT2D eigenvalue weighted by molar-refractivity contribution is -0.143. The van der Waals surface area contributed by atoms with E-state index < -0.39 is 42.0 Å². The van der Waals surface area contributed by atoms with Crippen molar-refractivity contribution in [1.29, 1.82) is 0 Å². The summed E-state index contributed by atoms with van der Waals surface area (Å²) < 4.78 is 0. The highest BCUT2D eigenvalue weighted by Gasteiger charge is 2.36. The number of likely N-dealkylation sites (tertiary alicyclic amines) is 1. The molecule has 0 aromatic carbocycles. The van der Waals surface area contributed by atoms with Crippen LogP contribution in [0.5, 0.6) is 0 Å². The predicted octanol–water partition coefficient (Wildman–Crippen LogP) is -0.555. The molecule has 4 unspecified atom stereocenters. The smallest absolute Gasteiger partial charge is 0.326 e. The highest BCUT2D eigenvalue weighted by Crippen LogP contribution is 2.18. The molecule has 1 rings (SSSR count). The molecule has 9 heteroatoms. The first-order valence-electron chi connectivity index (χ1n) is 8.94. The van der Waals surface area contributed by atoms with Crippen LogP contribution in [0, 0.1) is 5.92 Å². The zero-order valence-electron chi connectivity index (χ0n) is 15.8. The molecule has 0 bridgehead atoms. The number of nitrogens with two attached hydrogens (primary N) is 1. The largest absolute Gasteiger partial charge is 0.480 e. The molecular weight excluding hydrogens is 340 g/mol. The monoisotopic (exact) mass is 370 g/mol. The number of nitrogens with one attached hydrogen (secondary N) is 2. The summed E-state index contributed by atoms with van der Waals surface area (Å²) in [4.78, 5) is 49.4. The van der Waals surface area contributed by atoms with Crippen LogP contribution in [0.15, 0.2) is 0 Å². The van der Waals surface area contributed by atoms with E-state index in [-0.39, 0.29) is 11.8 Å². The van der Waals surface area contributed by atoms with Crippen LogP contribution in [-0.2, 0) is 19.2 Å². The van der Waals surface area contributed by atoms with E-state index >= 15 is 0 Å². The maximum absolute atomic E-state index is 12.5. The Kier molecular flexibility index (Phi) is 8.01. The second kappa shape index (κ2) is 9.51. The average Bonchev–Trinajstić information content (AvgIpc) is 3.02. The number of nitrogens with zero attached hydrogens (tertiary/aromatic N) is 1. The summed E-state index contributed by atoms with van der Waals surface area (Å²) in [6.45, 7) is 7.21. The standard InChI is InChI=1S/C17H30N4O5/c1-9(2)8-12(17(25)26)20-14(22)11(4)19-15(23)13-6-5-7-21(13)16(24)10(3)18/h9-13H,5-8,18H2,1-4H3,(H,19,23)(H,20,22)(H,25,26). The number of hydrogen-bond donors (Lipinski definition) is 4. The Balaban J connectivity index is 2.66. The Labute approximate surface area is 153 Å². The van der Waals surface area contributed by atoms with Crippen molar-refractivity contribution < 1.29 is 24.3 Å². The molecule has 1 saturated heterocycles. The van der Waals surface area contributed by atoms with Crippen molar-refractivity contribution in [2.45, 2.75) is 71.1 Å². The molecular formula is C17H30N4O5. The molecule has 3 amide bonds. The summed E-state index contributed by atoms with van der Waals surface area (Å²) in [5, 5.41) is 14.2. The van der Waals surface area contributed by atoms with Crippen molar-refractivity contribution in [2.75, 3.05) is 6.54 Å². The van der Waals surface area contributed by atoms with E-state index in [0.717, 1.165) is 0 Å². The van der Waals surface area contributed by atoms with Gasteiger partial charge in [-0.2, -0.15) is 0 Å². The number of carboxylic acids is 1. The normalized spacial score (nSPS) is 20.4. The first kappa shape index (κ1) is 21.9. The van der Waals surface area contributed by atoms with Gasteiger partial charge in [0.15, 0.2) is 0 Å². The number of aliphatic carboxylic acids is 1. The first-order chi connectivity index (χ1) is 12.0. The molecule has 0 aromatic rings. The summed E-state index contributed by atoms with van der Waals surface area (Å²) in [6.07, 6.45) is 1.48. The quantitative estimate of drug-likeness (QED) is 0.451. The molecule has 26 heavy (non-hydrogen) atoms. The molecule has 1 heterocycles. The van der Waals surface area contributed by atoms with E-state index in [2.05, 4.69) is 10.6 Å². The van der Waals surface area contributed by atoms with Crippen LogP contribution in [0.1, 0.15) is 47.0 Å². The van der Waals surface area contributed by atoms with Crippen molar-refractivity contribution in [1.82, 2.24) is 15.5 Å². The zero-order chi connectivity index (χ0) is 20.0. The molecule has 1 fully saturated rings. The van der Waals surface area contributed by atoms with Gasteiger partial charge in [0.2, 0.25) is 17.7 Å². The van der Waals surface area contributed by atoms with Gasteiger partial charge in [-0.25, -0.2) is 4.79 Å². The number of carbonyl (C=O) groups excluding carboxylic acids is 3. The molecule has 1 aliphatic heterocycles. The van der Waals surface area contributed by atoms with Crippen LogP contribution >= 0.6 is 0 Å². The minimum Gasteiger partial charge on any atom is -0.480 e. The highest BCUT2D eigenvalue weighted by atomic mass is 16.4. The Morgan fingerprint density at radius 1 is 1.15 bits per heavy atom. The van der Waals surface area contributed by atoms with Crippen molar-refractivity contribution in [3.63, 3.8) is 0 Å². The number of carboxylic acid groups (broad SMARTS) is 1. The van der Waals surface area contributed by atoms with E-state index in [1.807, 2.05) is 13.8 Å². The molecule has 9 nitrogen and oxygen atoms in total. The summed E-state index contributed by atoms with van der Waals surface area (Å²) >= 11 is 0. The fourth-order valence-electron chi connectivity index (χ4n) is 2.93. The van der Waals surface area contributed by atoms with Gasteiger partial charge in [-0.3, -0.25) is 14.4 Å². The number of rotatable bonds is 8. The Bertz CT molecular complexity index is 549. The van der Waals surface area contributed by atoms with Crippen molar-refractivity contribution in [2.24, 2.45) is 11.7 Å². The molecule has 0 aliphatic carbocycles. The average molecular weight is 370 g/mol. The van der Waals surface area contributed by atoms with E-state index in [0.29, 0.717) is 25.8 Å². The highest BCUT2D eigenvalue weighted by molar-refractivity contribution is 5.94. The predicted molar refractivity (Wildman–Crippen MR) is 95.0 cm³/mol. The summed E-state index contributed by atoms with van der Waals surface area (Å²) in [6, 6.07) is -3.28. The Morgan fingerprint density at radius 2 is 1.77 bits per heavy atom. The van der Waals surface area contributed by atoms with Crippen LogP contribution in [0.4, 0.5) is 0 Å². The minimum absolute atomic E-state index is 0.0950. The van der Waals surface area contributed by atoms with Crippen LogP contribution in [0.25, 0.3) is 0 Å². The fourth-order valence-corrected chi connectivity index (χ4v) is 2.93. The summed E-state index contributed by atoms with van der Waals surface area (Å²) in [5.41, 5.74) is 5.61. The van der Waals surface area contributed by atoms with Crippen molar-refractivity contribution >= 4 is 23.7 Å². The second-order valence-corrected chi connectivity index (χ2v) is 7.24. The molecule has 0 saturated carbocycles. The van der Waals surface area contributed by atoms with Gasteiger partial charge in [0.05, 0.1) is 6.04 Å². The Hall–Kier alpha value is -2.16. The summed E-state index contributed by atoms with van der Waals surface area (Å²) in [7, 11) is 0. The van der Waals surface area contributed by atoms with E-state index in [1.165, 1.54) is 11.8 Å². The Morgan fingerprint density at radius 3 is 2.27 bits per heavy atom. The maximum Gasteiger partial charge on any atom is 0.326 e. The number of hydrogen-bond acceptors (Lipinski definition) is 5. The van der Waals surface area contributed by atoms with Gasteiger partial charge >= 0.3 is 5.97 Å². The third-order valence-corrected chi connectivity index (χ3v) is 4.30. The maximum atomic E-state index is 12.5. The number of carbonyl (C=O) groups is 4. The van der Waals surface area contributed by atoms with Crippen molar-refractivity contribution in [3.05, 3.63) is 0 Å². The van der Waals surface area contributed by atoms with Gasteiger partial charge in [0, 0.05) is 6.54 Å². The van der Waals surface area contributed by atoms with Crippen LogP contribution in [0.2, 0.25) is 0 Å². The first-order valence-corrected chi connectivity index (χ1v) is 8.94. The lowest BCUT2D eigenvalue weighted by atomic mass is 10.0. The zero-order valence-corrected chi connectivity index (χ0v) is 15.8. The van der Waals surface area contributed by atoms with Crippen molar-refractivity contribution in [3.8, 4) is 0 Å². The molecule has 0 radical (unpaired) electrons. The SMILES string of the molecule is CC(C)CC(NC(=O)C(C)NC(=O)C1CCCN1C(=O)C(C)N)C(=O)O. The molecule has 148 valence electrons. The molecule has 1 aliphatic rings. The number of amides is 3. The lowest BCUT2D eigenvalue weighted by Gasteiger charge is -2.27. The van der Waals surface area contributed by atoms with Gasteiger partial charge in [-0.15, -0.1) is 0 Å². The molecule has 5 N–H and O–H groups in total. The van der Waals surface area contributed by atoms with Gasteiger partial charge in [-0.1, -0.05) is 13.8 Å². The fraction of sp³-hybridized carbons (Fsp3) is 0.765. The molecule has 4 atom stereocenters. The van der Waals surface area contributed by atoms with E-state index in [4.69, 9.17) is 5.73 Å². The van der Waals surface area contributed by atoms with Gasteiger partial charge < -0.3 is 26.4 Å². The van der Waals surface area contributed by atoms with Gasteiger partial charge in [0.25, 0.3) is 0 Å².